The van der Waals surface area contributed by atoms with Crippen LogP contribution in [0.2, 0.25) is 0 Å². The van der Waals surface area contributed by atoms with Crippen molar-refractivity contribution in [3.63, 3.8) is 0 Å². The fourth-order valence-electron chi connectivity index (χ4n) is 4.35. The molecule has 9 nitrogen and oxygen atoms in total. The number of hydrogen-bond acceptors (Lipinski definition) is 9. The average molecular weight is 491 g/mol. The zero-order chi connectivity index (χ0) is 24.6. The van der Waals surface area contributed by atoms with E-state index >= 15 is 0 Å². The van der Waals surface area contributed by atoms with Crippen LogP contribution in [0.15, 0.2) is 60.7 Å². The molecule has 8 atom stereocenters. The van der Waals surface area contributed by atoms with Crippen LogP contribution in [0.4, 0.5) is 0 Å². The predicted molar refractivity (Wildman–Crippen MR) is 124 cm³/mol. The maximum atomic E-state index is 10.2. The van der Waals surface area contributed by atoms with Crippen molar-refractivity contribution in [1.29, 1.82) is 0 Å². The van der Waals surface area contributed by atoms with Crippen molar-refractivity contribution >= 4 is 0 Å². The molecule has 4 rings (SSSR count). The zero-order valence-electron chi connectivity index (χ0n) is 19.5. The monoisotopic (exact) mass is 490 g/mol. The molecular formula is C26H34O9. The van der Waals surface area contributed by atoms with Crippen molar-refractivity contribution in [3.8, 4) is 0 Å². The van der Waals surface area contributed by atoms with Crippen molar-refractivity contribution in [2.24, 2.45) is 0 Å². The highest BCUT2D eigenvalue weighted by Crippen LogP contribution is 2.31. The van der Waals surface area contributed by atoms with Gasteiger partial charge in [-0.25, -0.2) is 0 Å². The third-order valence-corrected chi connectivity index (χ3v) is 6.27. The van der Waals surface area contributed by atoms with E-state index in [2.05, 4.69) is 0 Å². The van der Waals surface area contributed by atoms with Crippen LogP contribution >= 0.6 is 0 Å². The van der Waals surface area contributed by atoms with Gasteiger partial charge >= 0.3 is 0 Å². The molecule has 2 aromatic rings. The molecule has 2 aromatic carbocycles. The number of ether oxygens (including phenoxy) is 5. The highest BCUT2D eigenvalue weighted by atomic mass is 16.7. The molecular weight excluding hydrogens is 456 g/mol. The van der Waals surface area contributed by atoms with E-state index in [4.69, 9.17) is 23.7 Å². The second-order valence-electron chi connectivity index (χ2n) is 8.84. The molecule has 0 amide bonds. The number of aliphatic hydroxyl groups is 4. The summed E-state index contributed by atoms with van der Waals surface area (Å²) in [6.45, 7) is -0.149. The third kappa shape index (κ3) is 7.07. The van der Waals surface area contributed by atoms with E-state index < -0.39 is 55.8 Å². The van der Waals surface area contributed by atoms with Gasteiger partial charge in [-0.05, 0) is 11.1 Å². The molecule has 0 radical (unpaired) electrons. The van der Waals surface area contributed by atoms with Gasteiger partial charge in [-0.3, -0.25) is 0 Å². The Balaban J connectivity index is 1.46. The van der Waals surface area contributed by atoms with Crippen molar-refractivity contribution in [2.45, 2.75) is 75.3 Å². The summed E-state index contributed by atoms with van der Waals surface area (Å²) in [4.78, 5) is 0. The van der Waals surface area contributed by atoms with Gasteiger partial charge in [-0.15, -0.1) is 0 Å². The van der Waals surface area contributed by atoms with Crippen LogP contribution in [0.25, 0.3) is 0 Å². The summed E-state index contributed by atoms with van der Waals surface area (Å²) in [5.41, 5.74) is 1.97. The van der Waals surface area contributed by atoms with Gasteiger partial charge in [-0.1, -0.05) is 60.7 Å². The van der Waals surface area contributed by atoms with Crippen LogP contribution in [0.1, 0.15) is 24.0 Å². The Morgan fingerprint density at radius 3 is 1.89 bits per heavy atom. The Morgan fingerprint density at radius 2 is 1.29 bits per heavy atom. The molecule has 2 aliphatic heterocycles. The van der Waals surface area contributed by atoms with E-state index in [0.29, 0.717) is 19.6 Å². The first kappa shape index (κ1) is 26.2. The van der Waals surface area contributed by atoms with E-state index in [0.717, 1.165) is 11.1 Å². The summed E-state index contributed by atoms with van der Waals surface area (Å²) in [5.74, 6) is 0. The molecule has 2 heterocycles. The van der Waals surface area contributed by atoms with E-state index in [1.54, 1.807) is 0 Å². The van der Waals surface area contributed by atoms with Crippen LogP contribution in [0.5, 0.6) is 0 Å². The number of hydrogen-bond donors (Lipinski definition) is 4. The molecule has 0 spiro atoms. The van der Waals surface area contributed by atoms with Crippen molar-refractivity contribution in [1.82, 2.24) is 0 Å². The lowest BCUT2D eigenvalue weighted by molar-refractivity contribution is -0.326. The second kappa shape index (κ2) is 12.9. The summed E-state index contributed by atoms with van der Waals surface area (Å²) in [7, 11) is 0. The minimum atomic E-state index is -1.21. The van der Waals surface area contributed by atoms with Crippen molar-refractivity contribution in [2.75, 3.05) is 13.2 Å². The minimum absolute atomic E-state index is 0.00561. The summed E-state index contributed by atoms with van der Waals surface area (Å²) >= 11 is 0. The summed E-state index contributed by atoms with van der Waals surface area (Å²) in [6.07, 6.45) is -6.51. The normalized spacial score (nSPS) is 33.5. The zero-order valence-corrected chi connectivity index (χ0v) is 19.5. The largest absolute Gasteiger partial charge is 0.394 e. The first-order valence-corrected chi connectivity index (χ1v) is 11.9. The van der Waals surface area contributed by atoms with Crippen LogP contribution in [-0.4, -0.2) is 82.8 Å². The van der Waals surface area contributed by atoms with E-state index in [9.17, 15) is 20.4 Å². The SMILES string of the molecule is OCC1OC(OC2C(OCc3ccccc3)CC(OCc3ccccc3)OC2CO)CC(O)C1O. The van der Waals surface area contributed by atoms with Crippen LogP contribution < -0.4 is 0 Å². The van der Waals surface area contributed by atoms with Gasteiger partial charge < -0.3 is 44.1 Å². The molecule has 2 aliphatic rings. The fraction of sp³-hybridized carbons (Fsp3) is 0.538. The van der Waals surface area contributed by atoms with E-state index in [1.807, 2.05) is 60.7 Å². The topological polar surface area (TPSA) is 127 Å². The van der Waals surface area contributed by atoms with Crippen molar-refractivity contribution < 1.29 is 44.1 Å². The van der Waals surface area contributed by atoms with Gasteiger partial charge in [-0.2, -0.15) is 0 Å². The van der Waals surface area contributed by atoms with Gasteiger partial charge in [0.1, 0.15) is 24.4 Å². The van der Waals surface area contributed by atoms with Gasteiger partial charge in [0.05, 0.1) is 38.6 Å². The molecule has 0 aromatic heterocycles. The maximum absolute atomic E-state index is 10.2. The van der Waals surface area contributed by atoms with Gasteiger partial charge in [0, 0.05) is 12.8 Å². The van der Waals surface area contributed by atoms with Gasteiger partial charge in [0.2, 0.25) is 0 Å². The molecule has 8 unspecified atom stereocenters. The number of rotatable bonds is 10. The van der Waals surface area contributed by atoms with Crippen molar-refractivity contribution in [3.05, 3.63) is 71.8 Å². The highest BCUT2D eigenvalue weighted by molar-refractivity contribution is 5.14. The maximum Gasteiger partial charge on any atom is 0.161 e. The molecule has 192 valence electrons. The molecule has 35 heavy (non-hydrogen) atoms. The Morgan fingerprint density at radius 1 is 0.714 bits per heavy atom. The fourth-order valence-corrected chi connectivity index (χ4v) is 4.35. The number of aliphatic hydroxyl groups excluding tert-OH is 4. The average Bonchev–Trinajstić information content (AvgIpc) is 2.90. The first-order chi connectivity index (χ1) is 17.1. The van der Waals surface area contributed by atoms with E-state index in [1.165, 1.54) is 0 Å². The van der Waals surface area contributed by atoms with Gasteiger partial charge in [0.25, 0.3) is 0 Å². The lowest BCUT2D eigenvalue weighted by Crippen LogP contribution is -2.57. The quantitative estimate of drug-likeness (QED) is 0.387. The second-order valence-corrected chi connectivity index (χ2v) is 8.84. The summed E-state index contributed by atoms with van der Waals surface area (Å²) in [6, 6.07) is 19.4. The highest BCUT2D eigenvalue weighted by Gasteiger charge is 2.45. The number of benzene rings is 2. The molecule has 0 bridgehead atoms. The van der Waals surface area contributed by atoms with Crippen LogP contribution in [-0.2, 0) is 36.9 Å². The minimum Gasteiger partial charge on any atom is -0.394 e. The third-order valence-electron chi connectivity index (χ3n) is 6.27. The van der Waals surface area contributed by atoms with Gasteiger partial charge in [0.15, 0.2) is 12.6 Å². The Hall–Kier alpha value is -1.92. The Kier molecular flexibility index (Phi) is 9.61. The van der Waals surface area contributed by atoms with Crippen LogP contribution in [0.3, 0.4) is 0 Å². The standard InChI is InChI=1S/C26H34O9/c27-13-21-25(30)19(29)11-24(33-21)35-26-20(31-15-17-7-3-1-4-8-17)12-23(34-22(26)14-28)32-16-18-9-5-2-6-10-18/h1-10,19-30H,11-16H2. The Bertz CT molecular complexity index is 868. The predicted octanol–water partition coefficient (Wildman–Crippen LogP) is 1.11. The Labute approximate surface area is 204 Å². The first-order valence-electron chi connectivity index (χ1n) is 11.9. The van der Waals surface area contributed by atoms with Crippen LogP contribution in [0, 0.1) is 0 Å². The lowest BCUT2D eigenvalue weighted by Gasteiger charge is -2.44. The summed E-state index contributed by atoms with van der Waals surface area (Å²) in [5, 5.41) is 39.8. The lowest BCUT2D eigenvalue weighted by atomic mass is 9.99. The summed E-state index contributed by atoms with van der Waals surface area (Å²) < 4.78 is 30.0. The molecule has 4 N–H and O–H groups in total. The molecule has 9 heteroatoms. The molecule has 2 fully saturated rings. The smallest absolute Gasteiger partial charge is 0.161 e. The van der Waals surface area contributed by atoms with E-state index in [-0.39, 0.29) is 13.0 Å². The molecule has 2 saturated heterocycles. The molecule has 0 saturated carbocycles. The molecule has 0 aliphatic carbocycles.